The molecule has 128 valence electrons. The van der Waals surface area contributed by atoms with Crippen molar-refractivity contribution in [3.63, 3.8) is 0 Å². The van der Waals surface area contributed by atoms with E-state index in [4.69, 9.17) is 5.26 Å². The Hall–Kier alpha value is -2.20. The molecule has 0 amide bonds. The van der Waals surface area contributed by atoms with Crippen LogP contribution in [0, 0.1) is 28.6 Å². The lowest BCUT2D eigenvalue weighted by molar-refractivity contribution is -0.0871. The Bertz CT molecular complexity index is 696. The summed E-state index contributed by atoms with van der Waals surface area (Å²) in [7, 11) is 0. The molecule has 1 rings (SSSR count). The highest BCUT2D eigenvalue weighted by atomic mass is 19.4. The van der Waals surface area contributed by atoms with Crippen molar-refractivity contribution in [3.8, 4) is 17.9 Å². The Morgan fingerprint density at radius 1 is 1.25 bits per heavy atom. The van der Waals surface area contributed by atoms with Gasteiger partial charge in [-0.05, 0) is 55.7 Å². The van der Waals surface area contributed by atoms with Crippen LogP contribution in [0.15, 0.2) is 46.6 Å². The fourth-order valence-electron chi connectivity index (χ4n) is 2.75. The highest BCUT2D eigenvalue weighted by molar-refractivity contribution is 5.42. The number of hydrogen-bond acceptors (Lipinski definition) is 1. The molecule has 0 aromatic carbocycles. The van der Waals surface area contributed by atoms with E-state index in [1.165, 1.54) is 29.7 Å². The molecule has 0 atom stereocenters. The molecular weight excluding hydrogens is 311 g/mol. The molecule has 1 aliphatic rings. The van der Waals surface area contributed by atoms with Gasteiger partial charge < -0.3 is 0 Å². The van der Waals surface area contributed by atoms with Gasteiger partial charge in [-0.2, -0.15) is 18.4 Å². The maximum Gasteiger partial charge on any atom is 0.424 e. The van der Waals surface area contributed by atoms with Gasteiger partial charge in [-0.1, -0.05) is 43.4 Å². The molecule has 0 spiro atoms. The Labute approximate surface area is 142 Å². The first-order valence-corrected chi connectivity index (χ1v) is 7.81. The van der Waals surface area contributed by atoms with Crippen LogP contribution in [0.3, 0.4) is 0 Å². The van der Waals surface area contributed by atoms with E-state index in [0.717, 1.165) is 18.4 Å². The second-order valence-electron chi connectivity index (χ2n) is 6.61. The fourth-order valence-corrected chi connectivity index (χ4v) is 2.75. The zero-order valence-electron chi connectivity index (χ0n) is 14.5. The fraction of sp³-hybridized carbons (Fsp3) is 0.450. The first-order chi connectivity index (χ1) is 11.1. The number of rotatable bonds is 2. The molecule has 0 heterocycles. The Balaban J connectivity index is 2.95. The summed E-state index contributed by atoms with van der Waals surface area (Å²) in [5.74, 6) is 4.37. The Kier molecular flexibility index (Phi) is 6.67. The minimum absolute atomic E-state index is 0.115. The highest BCUT2D eigenvalue weighted by Crippen LogP contribution is 2.40. The minimum Gasteiger partial charge on any atom is -0.193 e. The van der Waals surface area contributed by atoms with Crippen molar-refractivity contribution in [2.45, 2.75) is 53.1 Å². The summed E-state index contributed by atoms with van der Waals surface area (Å²) < 4.78 is 37.8. The molecule has 1 nitrogen and oxygen atoms in total. The lowest BCUT2D eigenvalue weighted by Crippen LogP contribution is -2.19. The van der Waals surface area contributed by atoms with Crippen molar-refractivity contribution >= 4 is 0 Å². The highest BCUT2D eigenvalue weighted by Gasteiger charge is 2.32. The third-order valence-electron chi connectivity index (χ3n) is 4.08. The smallest absolute Gasteiger partial charge is 0.193 e. The molecular formula is C20H22F3N. The van der Waals surface area contributed by atoms with Gasteiger partial charge in [0.25, 0.3) is 0 Å². The Morgan fingerprint density at radius 2 is 1.92 bits per heavy atom. The van der Waals surface area contributed by atoms with E-state index in [0.29, 0.717) is 6.08 Å². The monoisotopic (exact) mass is 333 g/mol. The van der Waals surface area contributed by atoms with Crippen molar-refractivity contribution in [2.24, 2.45) is 5.41 Å². The van der Waals surface area contributed by atoms with E-state index in [9.17, 15) is 13.2 Å². The minimum atomic E-state index is -4.60. The van der Waals surface area contributed by atoms with Crippen LogP contribution in [0.2, 0.25) is 0 Å². The average molecular weight is 333 g/mol. The van der Waals surface area contributed by atoms with E-state index < -0.39 is 11.7 Å². The molecule has 0 radical (unpaired) electrons. The SMILES string of the molecule is CC1=C(/C=C/C(C)=C/C#C/C(=C\C#N)C(F)(F)F)C(C)(C)CCC1. The molecule has 0 fully saturated rings. The normalized spacial score (nSPS) is 19.1. The Morgan fingerprint density at radius 3 is 2.46 bits per heavy atom. The molecule has 0 aliphatic heterocycles. The molecule has 0 unspecified atom stereocenters. The molecule has 0 bridgehead atoms. The van der Waals surface area contributed by atoms with Crippen molar-refractivity contribution in [2.75, 3.05) is 0 Å². The number of nitrogens with zero attached hydrogens (tertiary/aromatic N) is 1. The van der Waals surface area contributed by atoms with E-state index in [2.05, 4.69) is 26.7 Å². The summed E-state index contributed by atoms with van der Waals surface area (Å²) in [5, 5.41) is 8.39. The number of allylic oxidation sites excluding steroid dienone is 8. The predicted octanol–water partition coefficient (Wildman–Crippen LogP) is 6.03. The molecule has 0 saturated heterocycles. The predicted molar refractivity (Wildman–Crippen MR) is 90.8 cm³/mol. The van der Waals surface area contributed by atoms with Crippen LogP contribution in [-0.4, -0.2) is 6.18 Å². The van der Waals surface area contributed by atoms with Gasteiger partial charge in [0.05, 0.1) is 6.07 Å². The van der Waals surface area contributed by atoms with Crippen molar-refractivity contribution in [1.82, 2.24) is 0 Å². The van der Waals surface area contributed by atoms with Gasteiger partial charge in [-0.3, -0.25) is 0 Å². The standard InChI is InChI=1S/C20H22F3N/c1-15(7-5-9-17(12-14-24)20(21,22)23)10-11-18-16(2)8-6-13-19(18,3)4/h7,10-12H,6,8,13H2,1-4H3/b11-10+,15-7+,17-12+. The average Bonchev–Trinajstić information content (AvgIpc) is 2.44. The van der Waals surface area contributed by atoms with Gasteiger partial charge in [0, 0.05) is 6.08 Å². The molecule has 24 heavy (non-hydrogen) atoms. The lowest BCUT2D eigenvalue weighted by Gasteiger charge is -2.32. The van der Waals surface area contributed by atoms with Crippen molar-refractivity contribution in [1.29, 1.82) is 5.26 Å². The third-order valence-corrected chi connectivity index (χ3v) is 4.08. The molecule has 0 aromatic heterocycles. The summed E-state index contributed by atoms with van der Waals surface area (Å²) in [6, 6.07) is 1.37. The van der Waals surface area contributed by atoms with Crippen LogP contribution in [0.5, 0.6) is 0 Å². The number of alkyl halides is 3. The van der Waals surface area contributed by atoms with E-state index in [1.807, 2.05) is 18.1 Å². The van der Waals surface area contributed by atoms with E-state index in [-0.39, 0.29) is 5.41 Å². The van der Waals surface area contributed by atoms with Crippen LogP contribution in [-0.2, 0) is 0 Å². The van der Waals surface area contributed by atoms with E-state index >= 15 is 0 Å². The summed E-state index contributed by atoms with van der Waals surface area (Å²) >= 11 is 0. The van der Waals surface area contributed by atoms with Crippen molar-refractivity contribution < 1.29 is 13.2 Å². The summed E-state index contributed by atoms with van der Waals surface area (Å²) in [6.07, 6.45) is 4.56. The zero-order valence-corrected chi connectivity index (χ0v) is 14.5. The van der Waals surface area contributed by atoms with Crippen LogP contribution in [0.4, 0.5) is 13.2 Å². The number of nitriles is 1. The summed E-state index contributed by atoms with van der Waals surface area (Å²) in [5.41, 5.74) is 2.39. The van der Waals surface area contributed by atoms with Crippen LogP contribution >= 0.6 is 0 Å². The third kappa shape index (κ3) is 5.78. The van der Waals surface area contributed by atoms with E-state index in [1.54, 1.807) is 6.92 Å². The first-order valence-electron chi connectivity index (χ1n) is 7.81. The lowest BCUT2D eigenvalue weighted by atomic mass is 9.72. The quantitative estimate of drug-likeness (QED) is 0.344. The number of hydrogen-bond donors (Lipinski definition) is 0. The molecule has 1 aliphatic carbocycles. The van der Waals surface area contributed by atoms with Gasteiger partial charge in [0.2, 0.25) is 0 Å². The summed E-state index contributed by atoms with van der Waals surface area (Å²) in [6.45, 7) is 8.33. The molecule has 0 N–H and O–H groups in total. The largest absolute Gasteiger partial charge is 0.424 e. The van der Waals surface area contributed by atoms with Gasteiger partial charge in [-0.15, -0.1) is 0 Å². The molecule has 4 heteroatoms. The van der Waals surface area contributed by atoms with Crippen LogP contribution < -0.4 is 0 Å². The van der Waals surface area contributed by atoms with Gasteiger partial charge >= 0.3 is 6.18 Å². The molecule has 0 saturated carbocycles. The van der Waals surface area contributed by atoms with Crippen molar-refractivity contribution in [3.05, 3.63) is 46.6 Å². The number of halogens is 3. The zero-order chi connectivity index (χ0) is 18.4. The van der Waals surface area contributed by atoms with Gasteiger partial charge in [0.1, 0.15) is 5.57 Å². The maximum atomic E-state index is 12.6. The van der Waals surface area contributed by atoms with Crippen LogP contribution in [0.1, 0.15) is 47.0 Å². The van der Waals surface area contributed by atoms with Gasteiger partial charge in [-0.25, -0.2) is 0 Å². The summed E-state index contributed by atoms with van der Waals surface area (Å²) in [4.78, 5) is 0. The first kappa shape index (κ1) is 19.8. The second kappa shape index (κ2) is 8.06. The topological polar surface area (TPSA) is 23.8 Å². The second-order valence-corrected chi connectivity index (χ2v) is 6.61. The van der Waals surface area contributed by atoms with Crippen LogP contribution in [0.25, 0.3) is 0 Å². The maximum absolute atomic E-state index is 12.6. The molecule has 0 aromatic rings. The van der Waals surface area contributed by atoms with Gasteiger partial charge in [0.15, 0.2) is 0 Å².